The molecule has 9 heteroatoms. The zero-order valence-corrected chi connectivity index (χ0v) is 16.5. The van der Waals surface area contributed by atoms with E-state index >= 15 is 0 Å². The van der Waals surface area contributed by atoms with E-state index in [1.165, 1.54) is 37.3 Å². The maximum absolute atomic E-state index is 12.8. The summed E-state index contributed by atoms with van der Waals surface area (Å²) in [7, 11) is -1.34. The number of rotatable bonds is 5. The lowest BCUT2D eigenvalue weighted by Gasteiger charge is -2.13. The Labute approximate surface area is 162 Å². The van der Waals surface area contributed by atoms with E-state index in [2.05, 4.69) is 4.98 Å². The van der Waals surface area contributed by atoms with Crippen molar-refractivity contribution in [3.05, 3.63) is 59.9 Å². The summed E-state index contributed by atoms with van der Waals surface area (Å²) in [6.07, 6.45) is 2.87. The predicted molar refractivity (Wildman–Crippen MR) is 105 cm³/mol. The Bertz CT molecular complexity index is 1170. The first-order valence-corrected chi connectivity index (χ1v) is 10.1. The second-order valence-corrected chi connectivity index (χ2v) is 7.93. The molecule has 8 nitrogen and oxygen atoms in total. The molecular weight excluding hydrogens is 380 g/mol. The molecule has 1 N–H and O–H groups in total. The molecule has 2 aromatic heterocycles. The van der Waals surface area contributed by atoms with E-state index in [0.29, 0.717) is 11.9 Å². The molecule has 0 aliphatic heterocycles. The smallest absolute Gasteiger partial charge is 0.282 e. The molecule has 0 radical (unpaired) electrons. The van der Waals surface area contributed by atoms with Crippen LogP contribution in [0.4, 0.5) is 0 Å². The third kappa shape index (κ3) is 3.48. The van der Waals surface area contributed by atoms with Crippen molar-refractivity contribution in [1.82, 2.24) is 19.2 Å². The van der Waals surface area contributed by atoms with Crippen LogP contribution in [0.1, 0.15) is 27.6 Å². The van der Waals surface area contributed by atoms with E-state index in [-0.39, 0.29) is 11.1 Å². The minimum Gasteiger partial charge on any atom is -0.347 e. The number of carbonyl (C=O) groups excluding carboxylic acids is 2. The summed E-state index contributed by atoms with van der Waals surface area (Å²) >= 11 is 0. The van der Waals surface area contributed by atoms with Gasteiger partial charge < -0.3 is 9.47 Å². The van der Waals surface area contributed by atoms with E-state index in [4.69, 9.17) is 0 Å². The van der Waals surface area contributed by atoms with Crippen molar-refractivity contribution < 1.29 is 18.0 Å². The van der Waals surface area contributed by atoms with Crippen LogP contribution in [0.25, 0.3) is 10.9 Å². The topological polar surface area (TPSA) is 101 Å². The highest BCUT2D eigenvalue weighted by molar-refractivity contribution is 7.90. The van der Waals surface area contributed by atoms with Gasteiger partial charge in [0.2, 0.25) is 0 Å². The molecule has 0 bridgehead atoms. The van der Waals surface area contributed by atoms with Crippen molar-refractivity contribution in [2.45, 2.75) is 18.5 Å². The van der Waals surface area contributed by atoms with Gasteiger partial charge in [-0.1, -0.05) is 18.2 Å². The number of pyridine rings is 1. The minimum atomic E-state index is -4.35. The minimum absolute atomic E-state index is 0.108. The van der Waals surface area contributed by atoms with E-state index in [1.807, 2.05) is 28.3 Å². The Kier molecular flexibility index (Phi) is 5.19. The number of nitrogens with zero attached hydrogens (tertiary/aromatic N) is 3. The fraction of sp³-hybridized carbons (Fsp3) is 0.211. The number of benzene rings is 1. The van der Waals surface area contributed by atoms with Crippen LogP contribution in [0.2, 0.25) is 0 Å². The van der Waals surface area contributed by atoms with Gasteiger partial charge in [0.1, 0.15) is 0 Å². The third-order valence-electron chi connectivity index (χ3n) is 4.26. The van der Waals surface area contributed by atoms with Crippen molar-refractivity contribution >= 4 is 32.7 Å². The maximum Gasteiger partial charge on any atom is 0.282 e. The molecule has 0 saturated carbocycles. The maximum atomic E-state index is 12.8. The first-order valence-electron chi connectivity index (χ1n) is 8.58. The number of sulfonamides is 1. The lowest BCUT2D eigenvalue weighted by atomic mass is 10.2. The summed E-state index contributed by atoms with van der Waals surface area (Å²) in [6, 6.07) is 10.1. The van der Waals surface area contributed by atoms with Gasteiger partial charge in [-0.05, 0) is 25.1 Å². The molecule has 3 aromatic rings. The summed E-state index contributed by atoms with van der Waals surface area (Å²) in [6.45, 7) is 2.56. The van der Waals surface area contributed by atoms with Crippen molar-refractivity contribution in [1.29, 1.82) is 0 Å². The highest BCUT2D eigenvalue weighted by atomic mass is 32.2. The number of hydrogen-bond acceptors (Lipinski definition) is 5. The molecule has 0 fully saturated rings. The summed E-state index contributed by atoms with van der Waals surface area (Å²) in [4.78, 5) is 30.1. The molecule has 2 heterocycles. The van der Waals surface area contributed by atoms with Gasteiger partial charge in [-0.3, -0.25) is 9.59 Å². The van der Waals surface area contributed by atoms with E-state index < -0.39 is 26.9 Å². The first-order chi connectivity index (χ1) is 13.3. The van der Waals surface area contributed by atoms with E-state index in [0.717, 1.165) is 5.52 Å². The zero-order valence-electron chi connectivity index (χ0n) is 15.7. The fourth-order valence-corrected chi connectivity index (χ4v) is 4.02. The number of aromatic nitrogens is 2. The van der Waals surface area contributed by atoms with Gasteiger partial charge in [-0.2, -0.15) is 8.42 Å². The zero-order chi connectivity index (χ0) is 20.5. The Balaban J connectivity index is 2.01. The summed E-state index contributed by atoms with van der Waals surface area (Å²) < 4.78 is 29.5. The molecule has 0 saturated heterocycles. The van der Waals surface area contributed by atoms with Crippen LogP contribution in [0.5, 0.6) is 0 Å². The molecule has 3 rings (SSSR count). The molecule has 0 spiro atoms. The van der Waals surface area contributed by atoms with Crippen LogP contribution in [0, 0.1) is 0 Å². The molecular formula is C19H20N4O4S. The number of carbonyl (C=O) groups is 2. The predicted octanol–water partition coefficient (Wildman–Crippen LogP) is 1.88. The van der Waals surface area contributed by atoms with Crippen molar-refractivity contribution in [2.75, 3.05) is 14.1 Å². The van der Waals surface area contributed by atoms with Crippen LogP contribution >= 0.6 is 0 Å². The number of fused-ring (bicyclic) bond motifs is 1. The van der Waals surface area contributed by atoms with Gasteiger partial charge in [-0.15, -0.1) is 0 Å². The largest absolute Gasteiger partial charge is 0.347 e. The van der Waals surface area contributed by atoms with Gasteiger partial charge in [0.15, 0.2) is 5.03 Å². The standard InChI is InChI=1S/C19H20N4O4S/c1-4-23-12-15(13-8-5-6-10-16(13)23)17(24)21-28(26,27)18-14(9-7-11-20-18)19(25)22(2)3/h5-12H,4H2,1-3H3,(H,21,24). The molecule has 146 valence electrons. The highest BCUT2D eigenvalue weighted by Crippen LogP contribution is 2.22. The Morgan fingerprint density at radius 3 is 2.50 bits per heavy atom. The summed E-state index contributed by atoms with van der Waals surface area (Å²) in [5.41, 5.74) is 0.954. The lowest BCUT2D eigenvalue weighted by molar-refractivity contribution is 0.0822. The van der Waals surface area contributed by atoms with Crippen molar-refractivity contribution in [3.8, 4) is 0 Å². The Morgan fingerprint density at radius 1 is 1.11 bits per heavy atom. The molecule has 0 aliphatic rings. The third-order valence-corrected chi connectivity index (χ3v) is 5.55. The summed E-state index contributed by atoms with van der Waals surface area (Å²) in [5, 5.41) is 0.156. The van der Waals surface area contributed by atoms with Gasteiger partial charge >= 0.3 is 0 Å². The number of para-hydroxylation sites is 1. The number of aryl methyl sites for hydroxylation is 1. The average molecular weight is 400 g/mol. The van der Waals surface area contributed by atoms with E-state index in [1.54, 1.807) is 18.3 Å². The number of amides is 2. The van der Waals surface area contributed by atoms with E-state index in [9.17, 15) is 18.0 Å². The van der Waals surface area contributed by atoms with Crippen LogP contribution < -0.4 is 4.72 Å². The molecule has 0 atom stereocenters. The van der Waals surface area contributed by atoms with Gasteiger partial charge in [0, 0.05) is 43.9 Å². The van der Waals surface area contributed by atoms with Crippen LogP contribution in [0.3, 0.4) is 0 Å². The summed E-state index contributed by atoms with van der Waals surface area (Å²) in [5.74, 6) is -1.30. The van der Waals surface area contributed by atoms with Crippen LogP contribution in [-0.4, -0.2) is 48.8 Å². The SMILES string of the molecule is CCn1cc(C(=O)NS(=O)(=O)c2ncccc2C(=O)N(C)C)c2ccccc21. The Morgan fingerprint density at radius 2 is 1.82 bits per heavy atom. The number of nitrogens with one attached hydrogen (secondary N) is 1. The van der Waals surface area contributed by atoms with Crippen molar-refractivity contribution in [2.24, 2.45) is 0 Å². The Hall–Kier alpha value is -3.20. The average Bonchev–Trinajstić information content (AvgIpc) is 3.06. The lowest BCUT2D eigenvalue weighted by Crippen LogP contribution is -2.33. The van der Waals surface area contributed by atoms with Crippen LogP contribution in [0.15, 0.2) is 53.8 Å². The second-order valence-electron chi connectivity index (χ2n) is 6.34. The van der Waals surface area contributed by atoms with Gasteiger partial charge in [-0.25, -0.2) is 9.71 Å². The monoisotopic (exact) mass is 400 g/mol. The van der Waals surface area contributed by atoms with Gasteiger partial charge in [0.05, 0.1) is 11.1 Å². The first kappa shape index (κ1) is 19.6. The highest BCUT2D eigenvalue weighted by Gasteiger charge is 2.28. The quantitative estimate of drug-likeness (QED) is 0.705. The number of hydrogen-bond donors (Lipinski definition) is 1. The molecule has 2 amide bonds. The van der Waals surface area contributed by atoms with Crippen LogP contribution in [-0.2, 0) is 16.6 Å². The van der Waals surface area contributed by atoms with Crippen molar-refractivity contribution in [3.63, 3.8) is 0 Å². The second kappa shape index (κ2) is 7.43. The van der Waals surface area contributed by atoms with Gasteiger partial charge in [0.25, 0.3) is 21.8 Å². The molecule has 0 aliphatic carbocycles. The molecule has 0 unspecified atom stereocenters. The normalized spacial score (nSPS) is 11.4. The molecule has 28 heavy (non-hydrogen) atoms. The fourth-order valence-electron chi connectivity index (χ4n) is 2.92. The molecule has 1 aromatic carbocycles.